The maximum atomic E-state index is 12.6. The van der Waals surface area contributed by atoms with Gasteiger partial charge in [0.25, 0.3) is 5.91 Å². The van der Waals surface area contributed by atoms with Gasteiger partial charge in [-0.1, -0.05) is 24.6 Å². The van der Waals surface area contributed by atoms with E-state index in [1.54, 1.807) is 0 Å². The number of hydrogen-bond acceptors (Lipinski definition) is 3. The number of nitrogens with zero attached hydrogens (tertiary/aromatic N) is 1. The van der Waals surface area contributed by atoms with Gasteiger partial charge < -0.3 is 20.5 Å². The van der Waals surface area contributed by atoms with Gasteiger partial charge in [-0.05, 0) is 70.0 Å². The van der Waals surface area contributed by atoms with Crippen LogP contribution in [0.15, 0.2) is 24.3 Å². The molecule has 0 unspecified atom stereocenters. The van der Waals surface area contributed by atoms with Gasteiger partial charge in [0.15, 0.2) is 0 Å². The Bertz CT molecular complexity index is 974. The van der Waals surface area contributed by atoms with E-state index < -0.39 is 0 Å². The Hall–Kier alpha value is -2.86. The summed E-state index contributed by atoms with van der Waals surface area (Å²) in [6, 6.07) is 7.72. The SMILES string of the molecule is CNCCCCCN(C)C(=O)CCc1c(C)[nH]c(C=C2C(=O)Nc3ccccc32)c1C. The molecule has 0 aliphatic carbocycles. The minimum Gasteiger partial charge on any atom is -0.359 e. The predicted octanol–water partition coefficient (Wildman–Crippen LogP) is 3.90. The Morgan fingerprint density at radius 1 is 1.16 bits per heavy atom. The van der Waals surface area contributed by atoms with Gasteiger partial charge in [0, 0.05) is 42.7 Å². The van der Waals surface area contributed by atoms with Crippen LogP contribution >= 0.6 is 0 Å². The van der Waals surface area contributed by atoms with Crippen LogP contribution in [0, 0.1) is 13.8 Å². The summed E-state index contributed by atoms with van der Waals surface area (Å²) < 4.78 is 0. The second-order valence-electron chi connectivity index (χ2n) is 8.30. The lowest BCUT2D eigenvalue weighted by atomic mass is 10.0. The Balaban J connectivity index is 1.63. The Morgan fingerprint density at radius 2 is 1.94 bits per heavy atom. The molecule has 1 aliphatic rings. The van der Waals surface area contributed by atoms with Gasteiger partial charge in [0.1, 0.15) is 0 Å². The lowest BCUT2D eigenvalue weighted by molar-refractivity contribution is -0.129. The number of aromatic nitrogens is 1. The third-order valence-electron chi connectivity index (χ3n) is 6.07. The largest absolute Gasteiger partial charge is 0.359 e. The molecule has 0 fully saturated rings. The zero-order valence-electron chi connectivity index (χ0n) is 19.1. The Kier molecular flexibility index (Phi) is 7.69. The van der Waals surface area contributed by atoms with Crippen molar-refractivity contribution in [3.63, 3.8) is 0 Å². The van der Waals surface area contributed by atoms with Crippen molar-refractivity contribution >= 4 is 29.2 Å². The van der Waals surface area contributed by atoms with Gasteiger partial charge in [-0.25, -0.2) is 0 Å². The van der Waals surface area contributed by atoms with E-state index in [0.717, 1.165) is 66.1 Å². The van der Waals surface area contributed by atoms with E-state index in [4.69, 9.17) is 0 Å². The maximum absolute atomic E-state index is 12.6. The molecule has 3 rings (SSSR count). The molecule has 1 aromatic carbocycles. The van der Waals surface area contributed by atoms with Crippen molar-refractivity contribution in [2.75, 3.05) is 32.5 Å². The summed E-state index contributed by atoms with van der Waals surface area (Å²) in [5.41, 5.74) is 6.68. The number of aryl methyl sites for hydroxylation is 1. The van der Waals surface area contributed by atoms with E-state index >= 15 is 0 Å². The molecule has 1 aliphatic heterocycles. The number of unbranched alkanes of at least 4 members (excludes halogenated alkanes) is 2. The standard InChI is InChI=1S/C25H34N4O2/c1-17-19(12-13-24(30)29(4)15-9-5-8-14-26-3)18(2)27-23(17)16-21-20-10-6-7-11-22(20)28-25(21)31/h6-7,10-11,16,26-27H,5,8-9,12-15H2,1-4H3,(H,28,31). The molecular weight excluding hydrogens is 388 g/mol. The van der Waals surface area contributed by atoms with Crippen molar-refractivity contribution in [3.8, 4) is 0 Å². The van der Waals surface area contributed by atoms with Crippen LogP contribution < -0.4 is 10.6 Å². The van der Waals surface area contributed by atoms with Crippen LogP contribution in [-0.2, 0) is 16.0 Å². The van der Waals surface area contributed by atoms with Gasteiger partial charge in [-0.15, -0.1) is 0 Å². The molecule has 0 saturated carbocycles. The summed E-state index contributed by atoms with van der Waals surface area (Å²) in [6.07, 6.45) is 6.42. The van der Waals surface area contributed by atoms with Crippen molar-refractivity contribution in [1.29, 1.82) is 0 Å². The van der Waals surface area contributed by atoms with Crippen LogP contribution in [-0.4, -0.2) is 48.9 Å². The fraction of sp³-hybridized carbons (Fsp3) is 0.440. The predicted molar refractivity (Wildman–Crippen MR) is 127 cm³/mol. The van der Waals surface area contributed by atoms with Crippen LogP contribution in [0.3, 0.4) is 0 Å². The molecule has 166 valence electrons. The van der Waals surface area contributed by atoms with E-state index in [0.29, 0.717) is 18.4 Å². The summed E-state index contributed by atoms with van der Waals surface area (Å²) in [7, 11) is 3.85. The zero-order chi connectivity index (χ0) is 22.4. The molecule has 31 heavy (non-hydrogen) atoms. The van der Waals surface area contributed by atoms with E-state index in [1.165, 1.54) is 0 Å². The number of anilines is 1. The molecule has 1 aromatic heterocycles. The number of nitrogens with one attached hydrogen (secondary N) is 3. The molecule has 6 nitrogen and oxygen atoms in total. The van der Waals surface area contributed by atoms with E-state index in [9.17, 15) is 9.59 Å². The highest BCUT2D eigenvalue weighted by atomic mass is 16.2. The molecule has 0 spiro atoms. The van der Waals surface area contributed by atoms with Crippen molar-refractivity contribution < 1.29 is 9.59 Å². The normalized spacial score (nSPS) is 14.1. The second kappa shape index (κ2) is 10.4. The minimum absolute atomic E-state index is 0.0825. The zero-order valence-corrected chi connectivity index (χ0v) is 19.1. The lowest BCUT2D eigenvalue weighted by Crippen LogP contribution is -2.28. The molecule has 2 heterocycles. The lowest BCUT2D eigenvalue weighted by Gasteiger charge is -2.17. The first-order valence-corrected chi connectivity index (χ1v) is 11.1. The van der Waals surface area contributed by atoms with Crippen LogP contribution in [0.2, 0.25) is 0 Å². The van der Waals surface area contributed by atoms with Crippen molar-refractivity contribution in [2.24, 2.45) is 0 Å². The van der Waals surface area contributed by atoms with Crippen LogP contribution in [0.4, 0.5) is 5.69 Å². The van der Waals surface area contributed by atoms with Gasteiger partial charge in [-0.3, -0.25) is 9.59 Å². The number of amides is 2. The van der Waals surface area contributed by atoms with Crippen LogP contribution in [0.1, 0.15) is 53.8 Å². The summed E-state index contributed by atoms with van der Waals surface area (Å²) in [5.74, 6) is 0.0959. The number of fused-ring (bicyclic) bond motifs is 1. The average Bonchev–Trinajstić information content (AvgIpc) is 3.21. The fourth-order valence-corrected chi connectivity index (χ4v) is 4.14. The summed E-state index contributed by atoms with van der Waals surface area (Å²) in [4.78, 5) is 30.2. The van der Waals surface area contributed by atoms with Crippen LogP contribution in [0.25, 0.3) is 11.6 Å². The molecule has 0 atom stereocenters. The summed E-state index contributed by atoms with van der Waals surface area (Å²) >= 11 is 0. The molecule has 3 N–H and O–H groups in total. The number of para-hydroxylation sites is 1. The Labute approximate surface area is 185 Å². The fourth-order valence-electron chi connectivity index (χ4n) is 4.14. The Morgan fingerprint density at radius 3 is 2.71 bits per heavy atom. The highest BCUT2D eigenvalue weighted by molar-refractivity contribution is 6.34. The van der Waals surface area contributed by atoms with Crippen molar-refractivity contribution in [2.45, 2.75) is 46.0 Å². The average molecular weight is 423 g/mol. The number of benzene rings is 1. The number of H-pyrrole nitrogens is 1. The topological polar surface area (TPSA) is 77.2 Å². The quantitative estimate of drug-likeness (QED) is 0.401. The highest BCUT2D eigenvalue weighted by Gasteiger charge is 2.24. The molecule has 2 amide bonds. The number of aromatic amines is 1. The second-order valence-corrected chi connectivity index (χ2v) is 8.30. The molecule has 0 bridgehead atoms. The molecule has 0 radical (unpaired) electrons. The third kappa shape index (κ3) is 5.44. The third-order valence-corrected chi connectivity index (χ3v) is 6.07. The first kappa shape index (κ1) is 22.8. The van der Waals surface area contributed by atoms with Crippen molar-refractivity contribution in [3.05, 3.63) is 52.3 Å². The first-order valence-electron chi connectivity index (χ1n) is 11.1. The smallest absolute Gasteiger partial charge is 0.256 e. The van der Waals surface area contributed by atoms with E-state index in [-0.39, 0.29) is 11.8 Å². The van der Waals surface area contributed by atoms with Crippen molar-refractivity contribution in [1.82, 2.24) is 15.2 Å². The highest BCUT2D eigenvalue weighted by Crippen LogP contribution is 2.33. The number of carbonyl (C=O) groups excluding carboxylic acids is 2. The maximum Gasteiger partial charge on any atom is 0.256 e. The van der Waals surface area contributed by atoms with Gasteiger partial charge in [0.05, 0.1) is 5.57 Å². The summed E-state index contributed by atoms with van der Waals surface area (Å²) in [6.45, 7) is 5.91. The first-order chi connectivity index (χ1) is 14.9. The minimum atomic E-state index is -0.0825. The number of carbonyl (C=O) groups is 2. The van der Waals surface area contributed by atoms with Crippen LogP contribution in [0.5, 0.6) is 0 Å². The van der Waals surface area contributed by atoms with E-state index in [1.807, 2.05) is 56.3 Å². The number of hydrogen-bond donors (Lipinski definition) is 3. The van der Waals surface area contributed by atoms with Gasteiger partial charge in [-0.2, -0.15) is 0 Å². The summed E-state index contributed by atoms with van der Waals surface area (Å²) in [5, 5.41) is 6.06. The molecule has 2 aromatic rings. The number of rotatable bonds is 10. The van der Waals surface area contributed by atoms with Gasteiger partial charge in [0.2, 0.25) is 5.91 Å². The molecular formula is C25H34N4O2. The molecule has 0 saturated heterocycles. The monoisotopic (exact) mass is 422 g/mol. The van der Waals surface area contributed by atoms with Gasteiger partial charge >= 0.3 is 0 Å². The van der Waals surface area contributed by atoms with E-state index in [2.05, 4.69) is 22.5 Å². The molecule has 6 heteroatoms.